The third-order valence-electron chi connectivity index (χ3n) is 5.00. The average molecular weight is 322 g/mol. The molecule has 0 unspecified atom stereocenters. The van der Waals surface area contributed by atoms with E-state index in [9.17, 15) is 13.2 Å². The summed E-state index contributed by atoms with van der Waals surface area (Å²) in [6.07, 6.45) is 0.517. The summed E-state index contributed by atoms with van der Waals surface area (Å²) in [4.78, 5) is 14.6. The summed E-state index contributed by atoms with van der Waals surface area (Å²) in [5.41, 5.74) is 1.03. The minimum atomic E-state index is -3.56. The van der Waals surface area contributed by atoms with Crippen molar-refractivity contribution in [3.05, 3.63) is 29.8 Å². The number of benzene rings is 1. The Bertz CT molecular complexity index is 684. The van der Waals surface area contributed by atoms with E-state index in [0.717, 1.165) is 5.56 Å². The molecule has 0 aromatic heterocycles. The molecule has 2 saturated heterocycles. The number of aryl methyl sites for hydroxylation is 1. The van der Waals surface area contributed by atoms with Gasteiger partial charge in [0, 0.05) is 37.5 Å². The second kappa shape index (κ2) is 5.44. The molecule has 0 N–H and O–H groups in total. The highest BCUT2D eigenvalue weighted by atomic mass is 32.2. The van der Waals surface area contributed by atoms with Crippen LogP contribution in [0.15, 0.2) is 29.2 Å². The van der Waals surface area contributed by atoms with Crippen molar-refractivity contribution in [2.45, 2.75) is 37.2 Å². The number of Topliss-reactive ketones (excluding diaryl/α,β-unsaturated/α-hetero) is 1. The van der Waals surface area contributed by atoms with Gasteiger partial charge in [0.25, 0.3) is 0 Å². The fraction of sp³-hybridized carbons (Fsp3) is 0.562. The summed E-state index contributed by atoms with van der Waals surface area (Å²) in [6, 6.07) is 6.69. The number of likely N-dealkylation sites (N-methyl/N-ethyl adjacent to an activating group) is 1. The van der Waals surface area contributed by atoms with Crippen LogP contribution in [0.5, 0.6) is 0 Å². The number of likely N-dealkylation sites (tertiary alicyclic amines) is 1. The van der Waals surface area contributed by atoms with E-state index in [0.29, 0.717) is 24.4 Å². The molecule has 3 atom stereocenters. The zero-order chi connectivity index (χ0) is 16.1. The third kappa shape index (κ3) is 2.39. The number of piperidine rings is 1. The molecule has 6 heteroatoms. The van der Waals surface area contributed by atoms with Crippen LogP contribution in [0.25, 0.3) is 0 Å². The van der Waals surface area contributed by atoms with Gasteiger partial charge in [0.15, 0.2) is 0 Å². The van der Waals surface area contributed by atoms with Gasteiger partial charge in [-0.1, -0.05) is 17.7 Å². The summed E-state index contributed by atoms with van der Waals surface area (Å²) in [7, 11) is -1.58. The number of carbonyl (C=O) groups is 1. The minimum absolute atomic E-state index is 0.0125. The van der Waals surface area contributed by atoms with Crippen LogP contribution < -0.4 is 0 Å². The number of sulfonamides is 1. The Kier molecular flexibility index (Phi) is 3.87. The monoisotopic (exact) mass is 322 g/mol. The van der Waals surface area contributed by atoms with Crippen molar-refractivity contribution in [2.24, 2.45) is 5.92 Å². The summed E-state index contributed by atoms with van der Waals surface area (Å²) in [6.45, 7) is 4.84. The predicted molar refractivity (Wildman–Crippen MR) is 84.1 cm³/mol. The number of hydrogen-bond donors (Lipinski definition) is 0. The molecule has 0 spiro atoms. The Morgan fingerprint density at radius 3 is 2.41 bits per heavy atom. The largest absolute Gasteiger partial charge is 0.301 e. The molecule has 5 nitrogen and oxygen atoms in total. The van der Waals surface area contributed by atoms with Crippen molar-refractivity contribution >= 4 is 15.8 Å². The Labute approximate surface area is 132 Å². The quantitative estimate of drug-likeness (QED) is 0.823. The fourth-order valence-electron chi connectivity index (χ4n) is 3.73. The van der Waals surface area contributed by atoms with Gasteiger partial charge in [0.1, 0.15) is 5.78 Å². The lowest BCUT2D eigenvalue weighted by Crippen LogP contribution is -2.50. The summed E-state index contributed by atoms with van der Waals surface area (Å²) < 4.78 is 27.3. The van der Waals surface area contributed by atoms with Gasteiger partial charge in [-0.3, -0.25) is 4.79 Å². The van der Waals surface area contributed by atoms with E-state index in [4.69, 9.17) is 0 Å². The molecule has 0 aliphatic carbocycles. The van der Waals surface area contributed by atoms with Crippen LogP contribution in [0.2, 0.25) is 0 Å². The van der Waals surface area contributed by atoms with Crippen molar-refractivity contribution < 1.29 is 13.2 Å². The molecule has 0 amide bonds. The lowest BCUT2D eigenvalue weighted by molar-refractivity contribution is -0.127. The maximum atomic E-state index is 12.9. The number of ketones is 1. The maximum absolute atomic E-state index is 12.9. The lowest BCUT2D eigenvalue weighted by Gasteiger charge is -2.35. The molecule has 0 saturated carbocycles. The first-order valence-corrected chi connectivity index (χ1v) is 9.08. The summed E-state index contributed by atoms with van der Waals surface area (Å²) in [5, 5.41) is 0. The molecular weight excluding hydrogens is 300 g/mol. The van der Waals surface area contributed by atoms with E-state index in [1.807, 2.05) is 20.9 Å². The fourth-order valence-corrected chi connectivity index (χ4v) is 5.40. The van der Waals surface area contributed by atoms with Crippen LogP contribution in [-0.2, 0) is 14.8 Å². The second-order valence-corrected chi connectivity index (χ2v) is 8.31. The molecule has 120 valence electrons. The third-order valence-corrected chi connectivity index (χ3v) is 6.97. The van der Waals surface area contributed by atoms with Crippen molar-refractivity contribution in [1.29, 1.82) is 0 Å². The number of nitrogens with zero attached hydrogens (tertiary/aromatic N) is 2. The van der Waals surface area contributed by atoms with E-state index in [-0.39, 0.29) is 23.8 Å². The molecule has 3 rings (SSSR count). The van der Waals surface area contributed by atoms with Gasteiger partial charge < -0.3 is 4.90 Å². The van der Waals surface area contributed by atoms with Gasteiger partial charge >= 0.3 is 0 Å². The first-order valence-electron chi connectivity index (χ1n) is 7.64. The average Bonchev–Trinajstić information content (AvgIpc) is 2.83. The SMILES string of the molecule is Cc1ccc(S(=O)(=O)N2C[C@@H]3C(=O)CCN(C)[C@@H]3[C@@H]2C)cc1. The molecule has 2 aliphatic rings. The number of fused-ring (bicyclic) bond motifs is 1. The maximum Gasteiger partial charge on any atom is 0.243 e. The number of carbonyl (C=O) groups excluding carboxylic acids is 1. The Hall–Kier alpha value is -1.24. The first kappa shape index (κ1) is 15.6. The highest BCUT2D eigenvalue weighted by molar-refractivity contribution is 7.89. The van der Waals surface area contributed by atoms with Gasteiger partial charge in [-0.2, -0.15) is 4.31 Å². The van der Waals surface area contributed by atoms with Crippen LogP contribution in [-0.4, -0.2) is 55.6 Å². The van der Waals surface area contributed by atoms with Crippen LogP contribution in [0.4, 0.5) is 0 Å². The van der Waals surface area contributed by atoms with Crippen molar-refractivity contribution in [3.63, 3.8) is 0 Å². The zero-order valence-electron chi connectivity index (χ0n) is 13.2. The second-order valence-electron chi connectivity index (χ2n) is 6.42. The van der Waals surface area contributed by atoms with Gasteiger partial charge in [-0.05, 0) is 33.0 Å². The molecule has 2 aliphatic heterocycles. The van der Waals surface area contributed by atoms with Crippen LogP contribution >= 0.6 is 0 Å². The van der Waals surface area contributed by atoms with Crippen molar-refractivity contribution in [1.82, 2.24) is 9.21 Å². The summed E-state index contributed by atoms with van der Waals surface area (Å²) in [5.74, 6) is -0.00877. The van der Waals surface area contributed by atoms with E-state index >= 15 is 0 Å². The Morgan fingerprint density at radius 1 is 1.18 bits per heavy atom. The molecule has 2 heterocycles. The Morgan fingerprint density at radius 2 is 1.82 bits per heavy atom. The normalized spacial score (nSPS) is 30.5. The van der Waals surface area contributed by atoms with E-state index < -0.39 is 10.0 Å². The summed E-state index contributed by atoms with van der Waals surface area (Å²) >= 11 is 0. The van der Waals surface area contributed by atoms with Gasteiger partial charge in [0.2, 0.25) is 10.0 Å². The first-order chi connectivity index (χ1) is 10.3. The molecule has 2 fully saturated rings. The van der Waals surface area contributed by atoms with Crippen LogP contribution in [0, 0.1) is 12.8 Å². The number of hydrogen-bond acceptors (Lipinski definition) is 4. The number of rotatable bonds is 2. The molecule has 0 bridgehead atoms. The molecule has 1 aromatic carbocycles. The van der Waals surface area contributed by atoms with Crippen molar-refractivity contribution in [2.75, 3.05) is 20.1 Å². The van der Waals surface area contributed by atoms with Gasteiger partial charge in [0.05, 0.1) is 4.90 Å². The van der Waals surface area contributed by atoms with E-state index in [2.05, 4.69) is 4.90 Å². The predicted octanol–water partition coefficient (Wildman–Crippen LogP) is 1.28. The topological polar surface area (TPSA) is 57.7 Å². The van der Waals surface area contributed by atoms with E-state index in [1.54, 1.807) is 24.3 Å². The van der Waals surface area contributed by atoms with Crippen molar-refractivity contribution in [3.8, 4) is 0 Å². The van der Waals surface area contributed by atoms with Gasteiger partial charge in [-0.15, -0.1) is 0 Å². The zero-order valence-corrected chi connectivity index (χ0v) is 14.0. The highest BCUT2D eigenvalue weighted by Crippen LogP contribution is 2.35. The molecule has 22 heavy (non-hydrogen) atoms. The minimum Gasteiger partial charge on any atom is -0.301 e. The molecule has 1 aromatic rings. The lowest BCUT2D eigenvalue weighted by atomic mass is 9.88. The molecular formula is C16H22N2O3S. The standard InChI is InChI=1S/C16H22N2O3S/c1-11-4-6-13(7-5-11)22(20,21)18-10-14-15(19)8-9-17(3)16(14)12(18)2/h4-7,12,14,16H,8-10H2,1-3H3/t12-,14+,16+/m0/s1. The smallest absolute Gasteiger partial charge is 0.243 e. The van der Waals surface area contributed by atoms with Crippen LogP contribution in [0.1, 0.15) is 18.9 Å². The van der Waals surface area contributed by atoms with E-state index in [1.165, 1.54) is 4.31 Å². The highest BCUT2D eigenvalue weighted by Gasteiger charge is 2.50. The molecule has 0 radical (unpaired) electrons. The van der Waals surface area contributed by atoms with Crippen LogP contribution in [0.3, 0.4) is 0 Å². The van der Waals surface area contributed by atoms with Gasteiger partial charge in [-0.25, -0.2) is 8.42 Å². The Balaban J connectivity index is 1.95.